The number of amides is 2. The lowest BCUT2D eigenvalue weighted by Gasteiger charge is -2.12. The molecule has 1 aromatic heterocycles. The molecule has 10 heteroatoms. The monoisotopic (exact) mass is 474 g/mol. The normalized spacial score (nSPS) is 10.6. The first-order valence-electron chi connectivity index (χ1n) is 10.2. The highest BCUT2D eigenvalue weighted by Gasteiger charge is 2.21. The number of methoxy groups -OCH3 is 1. The van der Waals surface area contributed by atoms with Gasteiger partial charge in [0.05, 0.1) is 24.1 Å². The Bertz CT molecular complexity index is 1150. The van der Waals surface area contributed by atoms with Crippen LogP contribution in [0.4, 0.5) is 4.39 Å². The number of rotatable bonds is 9. The highest BCUT2D eigenvalue weighted by Crippen LogP contribution is 2.28. The number of carbonyl (C=O) groups excluding carboxylic acids is 2. The number of carbonyl (C=O) groups is 2. The Morgan fingerprint density at radius 3 is 2.52 bits per heavy atom. The van der Waals surface area contributed by atoms with Crippen molar-refractivity contribution in [3.63, 3.8) is 0 Å². The van der Waals surface area contributed by atoms with Crippen molar-refractivity contribution in [2.75, 3.05) is 20.3 Å². The molecule has 2 amide bonds. The summed E-state index contributed by atoms with van der Waals surface area (Å²) in [5, 5.41) is 9.89. The van der Waals surface area contributed by atoms with Crippen LogP contribution >= 0.6 is 11.6 Å². The van der Waals surface area contributed by atoms with E-state index in [2.05, 4.69) is 15.7 Å². The third kappa shape index (κ3) is 5.81. The Morgan fingerprint density at radius 1 is 1.12 bits per heavy atom. The van der Waals surface area contributed by atoms with E-state index in [1.165, 1.54) is 36.1 Å². The molecule has 8 nitrogen and oxygen atoms in total. The van der Waals surface area contributed by atoms with E-state index in [9.17, 15) is 14.0 Å². The van der Waals surface area contributed by atoms with E-state index in [4.69, 9.17) is 21.1 Å². The summed E-state index contributed by atoms with van der Waals surface area (Å²) in [5.41, 5.74) is 1.96. The number of benzene rings is 2. The van der Waals surface area contributed by atoms with Crippen molar-refractivity contribution in [3.8, 4) is 17.2 Å². The fourth-order valence-electron chi connectivity index (χ4n) is 3.11. The second kappa shape index (κ2) is 10.8. The molecule has 0 saturated carbocycles. The summed E-state index contributed by atoms with van der Waals surface area (Å²) in [7, 11) is 1.49. The van der Waals surface area contributed by atoms with Gasteiger partial charge in [-0.25, -0.2) is 9.07 Å². The smallest absolute Gasteiger partial charge is 0.257 e. The first-order valence-corrected chi connectivity index (χ1v) is 10.6. The third-order valence-electron chi connectivity index (χ3n) is 4.72. The number of hydrogen-bond donors (Lipinski definition) is 2. The molecule has 0 aliphatic heterocycles. The number of ether oxygens (including phenoxy) is 2. The zero-order valence-corrected chi connectivity index (χ0v) is 19.2. The lowest BCUT2D eigenvalue weighted by atomic mass is 10.2. The lowest BCUT2D eigenvalue weighted by molar-refractivity contribution is -0.123. The molecule has 33 heavy (non-hydrogen) atoms. The predicted molar refractivity (Wildman–Crippen MR) is 122 cm³/mol. The molecule has 2 N–H and O–H groups in total. The van der Waals surface area contributed by atoms with Crippen LogP contribution in [0.15, 0.2) is 42.5 Å². The molecular weight excluding hydrogens is 451 g/mol. The zero-order valence-electron chi connectivity index (χ0n) is 18.4. The van der Waals surface area contributed by atoms with Crippen LogP contribution in [0.2, 0.25) is 5.15 Å². The van der Waals surface area contributed by atoms with Gasteiger partial charge in [-0.05, 0) is 55.8 Å². The molecule has 0 bridgehead atoms. The van der Waals surface area contributed by atoms with Crippen LogP contribution in [-0.2, 0) is 11.3 Å². The zero-order chi connectivity index (χ0) is 24.0. The first-order chi connectivity index (χ1) is 15.8. The van der Waals surface area contributed by atoms with Crippen LogP contribution in [0.3, 0.4) is 0 Å². The summed E-state index contributed by atoms with van der Waals surface area (Å²) < 4.78 is 25.4. The molecule has 3 aromatic rings. The maximum Gasteiger partial charge on any atom is 0.257 e. The van der Waals surface area contributed by atoms with Crippen LogP contribution in [-0.4, -0.2) is 41.9 Å². The number of hydrogen-bond acceptors (Lipinski definition) is 5. The molecule has 0 atom stereocenters. The van der Waals surface area contributed by atoms with Crippen molar-refractivity contribution in [2.45, 2.75) is 20.4 Å². The average molecular weight is 475 g/mol. The SMILES string of the molecule is CCNC(=O)COc1ccc(CNC(=O)c2c(C)nn(-c3ccc(F)cc3)c2Cl)cc1OC. The summed E-state index contributed by atoms with van der Waals surface area (Å²) in [6, 6.07) is 10.8. The third-order valence-corrected chi connectivity index (χ3v) is 5.07. The molecule has 1 heterocycles. The maximum absolute atomic E-state index is 13.2. The van der Waals surface area contributed by atoms with E-state index in [0.717, 1.165) is 5.56 Å². The number of likely N-dealkylation sites (N-methyl/N-ethyl adjacent to an activating group) is 1. The van der Waals surface area contributed by atoms with Gasteiger partial charge in [0.25, 0.3) is 11.8 Å². The van der Waals surface area contributed by atoms with E-state index in [-0.39, 0.29) is 35.6 Å². The highest BCUT2D eigenvalue weighted by atomic mass is 35.5. The number of halogens is 2. The molecule has 0 aliphatic carbocycles. The molecule has 0 unspecified atom stereocenters. The van der Waals surface area contributed by atoms with Gasteiger partial charge in [0.1, 0.15) is 11.0 Å². The summed E-state index contributed by atoms with van der Waals surface area (Å²) >= 11 is 6.41. The summed E-state index contributed by atoms with van der Waals surface area (Å²) in [5.74, 6) is -0.166. The Labute approximate surface area is 195 Å². The van der Waals surface area contributed by atoms with Crippen molar-refractivity contribution < 1.29 is 23.5 Å². The standard InChI is InChI=1S/C23H24ClFN4O4/c1-4-26-20(30)13-33-18-10-5-15(11-19(18)32-3)12-27-23(31)21-14(2)28-29(22(21)24)17-8-6-16(25)7-9-17/h5-11H,4,12-13H2,1-3H3,(H,26,30)(H,27,31). The first kappa shape index (κ1) is 24.1. The summed E-state index contributed by atoms with van der Waals surface area (Å²) in [6.45, 7) is 4.08. The van der Waals surface area contributed by atoms with Gasteiger partial charge >= 0.3 is 0 Å². The molecule has 174 valence electrons. The Hall–Kier alpha value is -3.59. The quantitative estimate of drug-likeness (QED) is 0.495. The van der Waals surface area contributed by atoms with E-state index < -0.39 is 5.91 Å². The van der Waals surface area contributed by atoms with Crippen LogP contribution in [0, 0.1) is 12.7 Å². The van der Waals surface area contributed by atoms with Gasteiger partial charge in [-0.3, -0.25) is 9.59 Å². The Morgan fingerprint density at radius 2 is 1.85 bits per heavy atom. The largest absolute Gasteiger partial charge is 0.493 e. The van der Waals surface area contributed by atoms with Gasteiger partial charge in [-0.1, -0.05) is 17.7 Å². The van der Waals surface area contributed by atoms with Crippen LogP contribution in [0.1, 0.15) is 28.5 Å². The Balaban J connectivity index is 1.69. The molecule has 3 rings (SSSR count). The molecule has 0 saturated heterocycles. The van der Waals surface area contributed by atoms with E-state index in [0.29, 0.717) is 29.4 Å². The van der Waals surface area contributed by atoms with E-state index in [1.807, 2.05) is 6.92 Å². The summed E-state index contributed by atoms with van der Waals surface area (Å²) in [6.07, 6.45) is 0. The van der Waals surface area contributed by atoms with Gasteiger partial charge < -0.3 is 20.1 Å². The topological polar surface area (TPSA) is 94.5 Å². The van der Waals surface area contributed by atoms with Crippen LogP contribution < -0.4 is 20.1 Å². The molecule has 0 radical (unpaired) electrons. The van der Waals surface area contributed by atoms with E-state index in [1.54, 1.807) is 25.1 Å². The van der Waals surface area contributed by atoms with E-state index >= 15 is 0 Å². The van der Waals surface area contributed by atoms with Crippen molar-refractivity contribution in [2.24, 2.45) is 0 Å². The fourth-order valence-corrected chi connectivity index (χ4v) is 3.47. The number of nitrogens with one attached hydrogen (secondary N) is 2. The average Bonchev–Trinajstić information content (AvgIpc) is 3.10. The highest BCUT2D eigenvalue weighted by molar-refractivity contribution is 6.33. The number of nitrogens with zero attached hydrogens (tertiary/aromatic N) is 2. The van der Waals surface area contributed by atoms with Crippen molar-refractivity contribution in [3.05, 3.63) is 70.3 Å². The molecule has 0 fully saturated rings. The van der Waals surface area contributed by atoms with Gasteiger partial charge in [0.15, 0.2) is 18.1 Å². The van der Waals surface area contributed by atoms with Crippen molar-refractivity contribution in [1.29, 1.82) is 0 Å². The second-order valence-electron chi connectivity index (χ2n) is 7.05. The van der Waals surface area contributed by atoms with Gasteiger partial charge in [-0.15, -0.1) is 0 Å². The molecule has 0 aliphatic rings. The minimum atomic E-state index is -0.401. The predicted octanol–water partition coefficient (Wildman–Crippen LogP) is 3.43. The minimum absolute atomic E-state index is 0.128. The minimum Gasteiger partial charge on any atom is -0.493 e. The van der Waals surface area contributed by atoms with Crippen LogP contribution in [0.25, 0.3) is 5.69 Å². The summed E-state index contributed by atoms with van der Waals surface area (Å²) in [4.78, 5) is 24.4. The second-order valence-corrected chi connectivity index (χ2v) is 7.41. The van der Waals surface area contributed by atoms with Gasteiger partial charge in [0.2, 0.25) is 0 Å². The Kier molecular flexibility index (Phi) is 7.89. The fraction of sp³-hybridized carbons (Fsp3) is 0.261. The van der Waals surface area contributed by atoms with Gasteiger partial charge in [-0.2, -0.15) is 5.10 Å². The lowest BCUT2D eigenvalue weighted by Crippen LogP contribution is -2.28. The molecule has 2 aromatic carbocycles. The van der Waals surface area contributed by atoms with Crippen molar-refractivity contribution >= 4 is 23.4 Å². The van der Waals surface area contributed by atoms with Crippen LogP contribution in [0.5, 0.6) is 11.5 Å². The number of aryl methyl sites for hydroxylation is 1. The molecule has 0 spiro atoms. The molecular formula is C23H24ClFN4O4. The number of aromatic nitrogens is 2. The maximum atomic E-state index is 13.2. The van der Waals surface area contributed by atoms with Crippen molar-refractivity contribution in [1.82, 2.24) is 20.4 Å². The van der Waals surface area contributed by atoms with Gasteiger partial charge in [0, 0.05) is 13.1 Å².